The molecule has 0 bridgehead atoms. The van der Waals surface area contributed by atoms with Gasteiger partial charge in [-0.3, -0.25) is 13.9 Å². The van der Waals surface area contributed by atoms with Gasteiger partial charge in [-0.2, -0.15) is 0 Å². The van der Waals surface area contributed by atoms with E-state index < -0.39 is 28.5 Å². The van der Waals surface area contributed by atoms with Crippen LogP contribution < -0.4 is 9.62 Å². The van der Waals surface area contributed by atoms with Crippen LogP contribution in [0.4, 0.5) is 5.69 Å². The molecule has 38 heavy (non-hydrogen) atoms. The first kappa shape index (κ1) is 30.0. The van der Waals surface area contributed by atoms with E-state index in [0.29, 0.717) is 38.7 Å². The number of rotatable bonds is 11. The van der Waals surface area contributed by atoms with Gasteiger partial charge in [0.15, 0.2) is 0 Å². The largest absolute Gasteiger partial charge is 0.355 e. The summed E-state index contributed by atoms with van der Waals surface area (Å²) in [6.07, 6.45) is 0.321. The summed E-state index contributed by atoms with van der Waals surface area (Å²) in [6, 6.07) is 18.7. The number of sulfonamides is 1. The van der Waals surface area contributed by atoms with Crippen LogP contribution in [-0.4, -0.2) is 44.3 Å². The van der Waals surface area contributed by atoms with Gasteiger partial charge in [0.05, 0.1) is 20.6 Å². The smallest absolute Gasteiger partial charge is 0.264 e. The molecule has 3 rings (SSSR count). The molecule has 0 saturated carbocycles. The van der Waals surface area contributed by atoms with E-state index in [1.807, 2.05) is 0 Å². The minimum absolute atomic E-state index is 0.0308. The molecule has 1 N–H and O–H groups in total. The lowest BCUT2D eigenvalue weighted by Gasteiger charge is -2.33. The van der Waals surface area contributed by atoms with Gasteiger partial charge in [-0.25, -0.2) is 8.42 Å². The average Bonchev–Trinajstić information content (AvgIpc) is 2.89. The van der Waals surface area contributed by atoms with Gasteiger partial charge in [-0.05, 0) is 61.4 Å². The van der Waals surface area contributed by atoms with Crippen molar-refractivity contribution in [3.8, 4) is 0 Å². The van der Waals surface area contributed by atoms with Crippen LogP contribution >= 0.6 is 39.1 Å². The Morgan fingerprint density at radius 1 is 0.947 bits per heavy atom. The second-order valence-electron chi connectivity index (χ2n) is 8.39. The molecule has 0 spiro atoms. The van der Waals surface area contributed by atoms with E-state index in [4.69, 9.17) is 23.2 Å². The first-order valence-electron chi connectivity index (χ1n) is 11.9. The molecular weight excluding hydrogens is 613 g/mol. The van der Waals surface area contributed by atoms with Crippen molar-refractivity contribution in [2.24, 2.45) is 0 Å². The van der Waals surface area contributed by atoms with E-state index in [1.165, 1.54) is 17.0 Å². The second-order valence-corrected chi connectivity index (χ2v) is 12.0. The molecule has 0 aromatic heterocycles. The monoisotopic (exact) mass is 639 g/mol. The molecule has 0 heterocycles. The summed E-state index contributed by atoms with van der Waals surface area (Å²) in [7, 11) is -4.12. The molecule has 7 nitrogen and oxygen atoms in total. The van der Waals surface area contributed by atoms with Crippen LogP contribution in [-0.2, 0) is 26.2 Å². The standard InChI is InChI=1S/C27H28BrCl2N3O4S/c1-3-25(27(35)31-4-2)32(17-19-13-14-23(29)24(30)15-19)26(34)18-33(21-10-8-9-20(28)16-21)38(36,37)22-11-6-5-7-12-22/h5-16,25H,3-4,17-18H2,1-2H3,(H,31,35)/t25-/m1/s1. The highest BCUT2D eigenvalue weighted by atomic mass is 79.9. The molecule has 202 valence electrons. The van der Waals surface area contributed by atoms with Crippen LogP contribution in [0.2, 0.25) is 10.0 Å². The van der Waals surface area contributed by atoms with Crippen LogP contribution in [0.1, 0.15) is 25.8 Å². The van der Waals surface area contributed by atoms with Gasteiger partial charge >= 0.3 is 0 Å². The number of likely N-dealkylation sites (N-methyl/N-ethyl adjacent to an activating group) is 1. The maximum absolute atomic E-state index is 13.9. The lowest BCUT2D eigenvalue weighted by molar-refractivity contribution is -0.140. The summed E-state index contributed by atoms with van der Waals surface area (Å²) in [5.74, 6) is -0.878. The molecule has 3 aromatic carbocycles. The maximum Gasteiger partial charge on any atom is 0.264 e. The fourth-order valence-corrected chi connectivity index (χ4v) is 6.06. The molecule has 0 aliphatic heterocycles. The van der Waals surface area contributed by atoms with E-state index in [-0.39, 0.29) is 17.3 Å². The second kappa shape index (κ2) is 13.5. The number of hydrogen-bond acceptors (Lipinski definition) is 4. The van der Waals surface area contributed by atoms with Crippen LogP contribution in [0.15, 0.2) is 82.2 Å². The summed E-state index contributed by atoms with van der Waals surface area (Å²) in [5.41, 5.74) is 0.951. The SMILES string of the molecule is CCNC(=O)[C@@H](CC)N(Cc1ccc(Cl)c(Cl)c1)C(=O)CN(c1cccc(Br)c1)S(=O)(=O)c1ccccc1. The minimum Gasteiger partial charge on any atom is -0.355 e. The van der Waals surface area contributed by atoms with Gasteiger partial charge < -0.3 is 10.2 Å². The first-order valence-corrected chi connectivity index (χ1v) is 14.9. The molecule has 0 aliphatic rings. The fraction of sp³-hybridized carbons (Fsp3) is 0.259. The number of carbonyl (C=O) groups excluding carboxylic acids is 2. The Morgan fingerprint density at radius 3 is 2.26 bits per heavy atom. The van der Waals surface area contributed by atoms with Crippen molar-refractivity contribution in [2.75, 3.05) is 17.4 Å². The van der Waals surface area contributed by atoms with Gasteiger partial charge in [0.25, 0.3) is 10.0 Å². The summed E-state index contributed by atoms with van der Waals surface area (Å²) in [4.78, 5) is 28.3. The minimum atomic E-state index is -4.12. The molecule has 11 heteroatoms. The maximum atomic E-state index is 13.9. The lowest BCUT2D eigenvalue weighted by Crippen LogP contribution is -2.52. The highest BCUT2D eigenvalue weighted by Crippen LogP contribution is 2.28. The van der Waals surface area contributed by atoms with Crippen molar-refractivity contribution in [1.82, 2.24) is 10.2 Å². The Labute approximate surface area is 241 Å². The Kier molecular flexibility index (Phi) is 10.6. The predicted octanol–water partition coefficient (Wildman–Crippen LogP) is 5.89. The summed E-state index contributed by atoms with van der Waals surface area (Å²) in [5, 5.41) is 3.44. The van der Waals surface area contributed by atoms with E-state index in [0.717, 1.165) is 4.31 Å². The third-order valence-corrected chi connectivity index (χ3v) is 8.80. The molecule has 0 fully saturated rings. The van der Waals surface area contributed by atoms with Crippen molar-refractivity contribution in [2.45, 2.75) is 37.8 Å². The van der Waals surface area contributed by atoms with Crippen LogP contribution in [0.25, 0.3) is 0 Å². The fourth-order valence-electron chi connectivity index (χ4n) is 3.93. The number of nitrogens with one attached hydrogen (secondary N) is 1. The third-order valence-electron chi connectivity index (χ3n) is 5.78. The van der Waals surface area contributed by atoms with Crippen molar-refractivity contribution in [1.29, 1.82) is 0 Å². The highest BCUT2D eigenvalue weighted by molar-refractivity contribution is 9.10. The Bertz CT molecular complexity index is 1390. The zero-order valence-corrected chi connectivity index (χ0v) is 24.8. The zero-order chi connectivity index (χ0) is 27.9. The Morgan fingerprint density at radius 2 is 1.66 bits per heavy atom. The van der Waals surface area contributed by atoms with Gasteiger partial charge in [0.2, 0.25) is 11.8 Å². The van der Waals surface area contributed by atoms with Crippen molar-refractivity contribution >= 4 is 66.7 Å². The molecule has 2 amide bonds. The molecule has 0 saturated heterocycles. The van der Waals surface area contributed by atoms with Crippen molar-refractivity contribution < 1.29 is 18.0 Å². The molecule has 0 unspecified atom stereocenters. The quantitative estimate of drug-likeness (QED) is 0.283. The highest BCUT2D eigenvalue weighted by Gasteiger charge is 2.33. The van der Waals surface area contributed by atoms with Gasteiger partial charge in [-0.15, -0.1) is 0 Å². The molecular formula is C27H28BrCl2N3O4S. The average molecular weight is 641 g/mol. The lowest BCUT2D eigenvalue weighted by atomic mass is 10.1. The zero-order valence-electron chi connectivity index (χ0n) is 20.9. The number of anilines is 1. The van der Waals surface area contributed by atoms with Gasteiger partial charge in [0.1, 0.15) is 12.6 Å². The van der Waals surface area contributed by atoms with Crippen molar-refractivity contribution in [3.63, 3.8) is 0 Å². The summed E-state index contributed by atoms with van der Waals surface area (Å²) in [6.45, 7) is 3.48. The van der Waals surface area contributed by atoms with Crippen molar-refractivity contribution in [3.05, 3.63) is 92.9 Å². The number of benzene rings is 3. The third kappa shape index (κ3) is 7.28. The number of hydrogen-bond donors (Lipinski definition) is 1. The van der Waals surface area contributed by atoms with Gasteiger partial charge in [0, 0.05) is 17.6 Å². The Hall–Kier alpha value is -2.59. The summed E-state index contributed by atoms with van der Waals surface area (Å²) >= 11 is 15.7. The normalized spacial score (nSPS) is 12.0. The van der Waals surface area contributed by atoms with Crippen LogP contribution in [0, 0.1) is 0 Å². The molecule has 0 radical (unpaired) electrons. The molecule has 3 aromatic rings. The number of amides is 2. The number of nitrogens with zero attached hydrogens (tertiary/aromatic N) is 2. The number of halogens is 3. The van der Waals surface area contributed by atoms with E-state index in [2.05, 4.69) is 21.2 Å². The van der Waals surface area contributed by atoms with E-state index in [9.17, 15) is 18.0 Å². The first-order chi connectivity index (χ1) is 18.1. The molecule has 0 aliphatic carbocycles. The number of carbonyl (C=O) groups is 2. The van der Waals surface area contributed by atoms with Crippen LogP contribution in [0.3, 0.4) is 0 Å². The predicted molar refractivity (Wildman–Crippen MR) is 155 cm³/mol. The summed E-state index contributed by atoms with van der Waals surface area (Å²) < 4.78 is 29.2. The topological polar surface area (TPSA) is 86.8 Å². The van der Waals surface area contributed by atoms with Crippen LogP contribution in [0.5, 0.6) is 0 Å². The molecule has 1 atom stereocenters. The van der Waals surface area contributed by atoms with E-state index in [1.54, 1.807) is 74.5 Å². The Balaban J connectivity index is 2.06. The van der Waals surface area contributed by atoms with E-state index >= 15 is 0 Å². The van der Waals surface area contributed by atoms with Gasteiger partial charge in [-0.1, -0.05) is 76.4 Å².